The molecule has 0 saturated carbocycles. The quantitative estimate of drug-likeness (QED) is 0.695. The van der Waals surface area contributed by atoms with Crippen molar-refractivity contribution in [2.24, 2.45) is 5.73 Å². The molecule has 0 aliphatic heterocycles. The van der Waals surface area contributed by atoms with Crippen LogP contribution in [0.5, 0.6) is 0 Å². The molecule has 0 fully saturated rings. The van der Waals surface area contributed by atoms with Gasteiger partial charge >= 0.3 is 0 Å². The molecule has 2 aromatic rings. The first-order valence-electron chi connectivity index (χ1n) is 8.44. The first-order chi connectivity index (χ1) is 12.0. The van der Waals surface area contributed by atoms with Crippen molar-refractivity contribution >= 4 is 29.9 Å². The lowest BCUT2D eigenvalue weighted by atomic mass is 10.0. The summed E-state index contributed by atoms with van der Waals surface area (Å²) in [5.41, 5.74) is 9.92. The lowest BCUT2D eigenvalue weighted by molar-refractivity contribution is -0.116. The van der Waals surface area contributed by atoms with E-state index in [1.54, 1.807) is 24.3 Å². The number of nitrogens with two attached hydrogens (primary N) is 1. The minimum Gasteiger partial charge on any atom is -0.351 e. The molecule has 0 unspecified atom stereocenters. The Morgan fingerprint density at radius 1 is 1.08 bits per heavy atom. The van der Waals surface area contributed by atoms with Gasteiger partial charge in [-0.3, -0.25) is 9.59 Å². The van der Waals surface area contributed by atoms with Crippen LogP contribution in [0.3, 0.4) is 0 Å². The molecule has 0 heterocycles. The van der Waals surface area contributed by atoms with E-state index in [1.165, 1.54) is 11.1 Å². The van der Waals surface area contributed by atoms with Crippen LogP contribution in [0, 0.1) is 13.8 Å². The van der Waals surface area contributed by atoms with Crippen LogP contribution in [0.4, 0.5) is 5.69 Å². The monoisotopic (exact) mass is 375 g/mol. The SMILES string of the molecule is Cc1ccc(CCC(=O)Nc2ccccc2C(=O)NCCN)c(C)c1.Cl. The van der Waals surface area contributed by atoms with Gasteiger partial charge in [0.05, 0.1) is 11.3 Å². The Bertz CT molecular complexity index is 762. The number of anilines is 1. The molecule has 2 aromatic carbocycles. The summed E-state index contributed by atoms with van der Waals surface area (Å²) in [5, 5.41) is 5.56. The molecular formula is C20H26ClN3O2. The molecule has 0 aromatic heterocycles. The van der Waals surface area contributed by atoms with Crippen LogP contribution in [-0.2, 0) is 11.2 Å². The molecule has 0 atom stereocenters. The summed E-state index contributed by atoms with van der Waals surface area (Å²) in [6.45, 7) is 4.87. The van der Waals surface area contributed by atoms with E-state index in [4.69, 9.17) is 5.73 Å². The van der Waals surface area contributed by atoms with Gasteiger partial charge in [-0.2, -0.15) is 0 Å². The number of hydrogen-bond donors (Lipinski definition) is 3. The highest BCUT2D eigenvalue weighted by molar-refractivity contribution is 6.03. The first kappa shape index (κ1) is 21.7. The fourth-order valence-electron chi connectivity index (χ4n) is 2.66. The number of benzene rings is 2. The second kappa shape index (κ2) is 10.6. The van der Waals surface area contributed by atoms with Crippen LogP contribution in [0.15, 0.2) is 42.5 Å². The summed E-state index contributed by atoms with van der Waals surface area (Å²) in [4.78, 5) is 24.4. The topological polar surface area (TPSA) is 84.2 Å². The van der Waals surface area contributed by atoms with Crippen molar-refractivity contribution in [3.05, 3.63) is 64.7 Å². The van der Waals surface area contributed by atoms with Gasteiger partial charge in [0.2, 0.25) is 5.91 Å². The van der Waals surface area contributed by atoms with Crippen LogP contribution < -0.4 is 16.4 Å². The van der Waals surface area contributed by atoms with Gasteiger partial charge in [0, 0.05) is 19.5 Å². The van der Waals surface area contributed by atoms with E-state index in [0.717, 1.165) is 5.56 Å². The summed E-state index contributed by atoms with van der Waals surface area (Å²) in [6.07, 6.45) is 1.03. The third kappa shape index (κ3) is 6.17. The van der Waals surface area contributed by atoms with Crippen molar-refractivity contribution in [1.82, 2.24) is 5.32 Å². The zero-order valence-electron chi connectivity index (χ0n) is 15.2. The highest BCUT2D eigenvalue weighted by Gasteiger charge is 2.12. The van der Waals surface area contributed by atoms with Gasteiger partial charge in [-0.15, -0.1) is 12.4 Å². The van der Waals surface area contributed by atoms with Crippen molar-refractivity contribution in [2.75, 3.05) is 18.4 Å². The number of carbonyl (C=O) groups is 2. The maximum absolute atomic E-state index is 12.3. The second-order valence-corrected chi connectivity index (χ2v) is 6.07. The van der Waals surface area contributed by atoms with Crippen molar-refractivity contribution < 1.29 is 9.59 Å². The van der Waals surface area contributed by atoms with E-state index in [0.29, 0.717) is 37.2 Å². The van der Waals surface area contributed by atoms with E-state index in [9.17, 15) is 9.59 Å². The van der Waals surface area contributed by atoms with Crippen LogP contribution in [0.25, 0.3) is 0 Å². The Morgan fingerprint density at radius 3 is 2.50 bits per heavy atom. The highest BCUT2D eigenvalue weighted by Crippen LogP contribution is 2.17. The van der Waals surface area contributed by atoms with Gasteiger partial charge in [-0.1, -0.05) is 35.9 Å². The van der Waals surface area contributed by atoms with E-state index < -0.39 is 0 Å². The van der Waals surface area contributed by atoms with Gasteiger partial charge in [0.25, 0.3) is 5.91 Å². The summed E-state index contributed by atoms with van der Waals surface area (Å²) < 4.78 is 0. The number of aryl methyl sites for hydroxylation is 3. The number of halogens is 1. The molecule has 2 amide bonds. The molecule has 0 bridgehead atoms. The van der Waals surface area contributed by atoms with Crippen LogP contribution in [0.1, 0.15) is 33.5 Å². The van der Waals surface area contributed by atoms with E-state index in [1.807, 2.05) is 0 Å². The smallest absolute Gasteiger partial charge is 0.253 e. The number of amides is 2. The summed E-state index contributed by atoms with van der Waals surface area (Å²) in [7, 11) is 0. The summed E-state index contributed by atoms with van der Waals surface area (Å²) >= 11 is 0. The van der Waals surface area contributed by atoms with Gasteiger partial charge < -0.3 is 16.4 Å². The van der Waals surface area contributed by atoms with E-state index in [2.05, 4.69) is 42.7 Å². The summed E-state index contributed by atoms with van der Waals surface area (Å²) in [5.74, 6) is -0.352. The van der Waals surface area contributed by atoms with Gasteiger partial charge in [-0.25, -0.2) is 0 Å². The number of hydrogen-bond acceptors (Lipinski definition) is 3. The van der Waals surface area contributed by atoms with Gasteiger partial charge in [0.15, 0.2) is 0 Å². The molecule has 0 spiro atoms. The molecule has 26 heavy (non-hydrogen) atoms. The molecule has 5 nitrogen and oxygen atoms in total. The van der Waals surface area contributed by atoms with Crippen molar-refractivity contribution in [3.63, 3.8) is 0 Å². The normalized spacial score (nSPS) is 9.96. The maximum Gasteiger partial charge on any atom is 0.253 e. The first-order valence-corrected chi connectivity index (χ1v) is 8.44. The van der Waals surface area contributed by atoms with Crippen LogP contribution in [-0.4, -0.2) is 24.9 Å². The molecule has 4 N–H and O–H groups in total. The predicted octanol–water partition coefficient (Wildman–Crippen LogP) is 2.99. The number of nitrogens with one attached hydrogen (secondary N) is 2. The molecule has 2 rings (SSSR count). The van der Waals surface area contributed by atoms with Crippen molar-refractivity contribution in [1.29, 1.82) is 0 Å². The van der Waals surface area contributed by atoms with E-state index >= 15 is 0 Å². The molecule has 0 radical (unpaired) electrons. The van der Waals surface area contributed by atoms with Gasteiger partial charge in [0.1, 0.15) is 0 Å². The Kier molecular flexibility index (Phi) is 8.82. The Labute approximate surface area is 160 Å². The summed E-state index contributed by atoms with van der Waals surface area (Å²) in [6, 6.07) is 13.2. The zero-order valence-corrected chi connectivity index (χ0v) is 16.0. The second-order valence-electron chi connectivity index (χ2n) is 6.07. The fraction of sp³-hybridized carbons (Fsp3) is 0.300. The number of para-hydroxylation sites is 1. The number of carbonyl (C=O) groups excluding carboxylic acids is 2. The Morgan fingerprint density at radius 2 is 1.81 bits per heavy atom. The molecule has 0 aliphatic rings. The average molecular weight is 376 g/mol. The minimum absolute atomic E-state index is 0. The molecule has 140 valence electrons. The maximum atomic E-state index is 12.3. The minimum atomic E-state index is -0.240. The molecule has 0 saturated heterocycles. The van der Waals surface area contributed by atoms with E-state index in [-0.39, 0.29) is 24.2 Å². The molecule has 0 aliphatic carbocycles. The van der Waals surface area contributed by atoms with Crippen molar-refractivity contribution in [3.8, 4) is 0 Å². The Hall–Kier alpha value is -2.37. The third-order valence-electron chi connectivity index (χ3n) is 4.00. The molecule has 6 heteroatoms. The lowest BCUT2D eigenvalue weighted by Crippen LogP contribution is -2.30. The standard InChI is InChI=1S/C20H25N3O2.ClH/c1-14-7-8-16(15(2)13-14)9-10-19(24)23-18-6-4-3-5-17(18)20(25)22-12-11-21;/h3-8,13H,9-12,21H2,1-2H3,(H,22,25)(H,23,24);1H. The molecular weight excluding hydrogens is 350 g/mol. The van der Waals surface area contributed by atoms with Crippen molar-refractivity contribution in [2.45, 2.75) is 26.7 Å². The zero-order chi connectivity index (χ0) is 18.2. The van der Waals surface area contributed by atoms with Crippen LogP contribution in [0.2, 0.25) is 0 Å². The fourth-order valence-corrected chi connectivity index (χ4v) is 2.66. The predicted molar refractivity (Wildman–Crippen MR) is 108 cm³/mol. The largest absolute Gasteiger partial charge is 0.351 e. The highest BCUT2D eigenvalue weighted by atomic mass is 35.5. The third-order valence-corrected chi connectivity index (χ3v) is 4.00. The van der Waals surface area contributed by atoms with Gasteiger partial charge in [-0.05, 0) is 43.5 Å². The van der Waals surface area contributed by atoms with Crippen LogP contribution >= 0.6 is 12.4 Å². The Balaban J connectivity index is 0.00000338. The lowest BCUT2D eigenvalue weighted by Gasteiger charge is -2.12. The number of rotatable bonds is 7. The average Bonchev–Trinajstić information content (AvgIpc) is 2.59.